The van der Waals surface area contributed by atoms with Crippen molar-refractivity contribution in [3.63, 3.8) is 0 Å². The predicted molar refractivity (Wildman–Crippen MR) is 115 cm³/mol. The normalized spacial score (nSPS) is 11.7. The number of primary sulfonamides is 1. The molecule has 0 atom stereocenters. The van der Waals surface area contributed by atoms with Crippen LogP contribution in [0.15, 0.2) is 86.4 Å². The number of sulfonamides is 1. The fraction of sp³-hybridized carbons (Fsp3) is 0. The van der Waals surface area contributed by atoms with Gasteiger partial charge in [-0.1, -0.05) is 28.1 Å². The van der Waals surface area contributed by atoms with E-state index < -0.39 is 21.8 Å². The molecular formula is C20H16BrN3O5S. The lowest BCUT2D eigenvalue weighted by Gasteiger charge is -2.11. The van der Waals surface area contributed by atoms with E-state index in [1.54, 1.807) is 30.3 Å². The highest BCUT2D eigenvalue weighted by atomic mass is 79.9. The van der Waals surface area contributed by atoms with Gasteiger partial charge in [-0.25, -0.2) is 13.6 Å². The van der Waals surface area contributed by atoms with Gasteiger partial charge in [-0.2, -0.15) is 0 Å². The van der Waals surface area contributed by atoms with Crippen LogP contribution in [0.2, 0.25) is 0 Å². The first kappa shape index (κ1) is 21.5. The lowest BCUT2D eigenvalue weighted by Crippen LogP contribution is -2.30. The van der Waals surface area contributed by atoms with Crippen molar-refractivity contribution in [2.45, 2.75) is 4.90 Å². The molecule has 0 saturated heterocycles. The number of halogens is 1. The smallest absolute Gasteiger partial charge is 0.291 e. The molecule has 2 aromatic carbocycles. The molecule has 3 aromatic rings. The van der Waals surface area contributed by atoms with E-state index in [0.29, 0.717) is 11.3 Å². The first-order valence-electron chi connectivity index (χ1n) is 8.49. The molecule has 8 nitrogen and oxygen atoms in total. The Kier molecular flexibility index (Phi) is 6.50. The number of anilines is 1. The Labute approximate surface area is 181 Å². The zero-order chi connectivity index (χ0) is 21.7. The lowest BCUT2D eigenvalue weighted by molar-refractivity contribution is -0.113. The third-order valence-electron chi connectivity index (χ3n) is 3.86. The van der Waals surface area contributed by atoms with Crippen LogP contribution in [0.5, 0.6) is 0 Å². The lowest BCUT2D eigenvalue weighted by atomic mass is 10.2. The molecule has 0 aliphatic rings. The van der Waals surface area contributed by atoms with Gasteiger partial charge in [0.15, 0.2) is 5.76 Å². The number of carbonyl (C=O) groups is 2. The van der Waals surface area contributed by atoms with E-state index in [9.17, 15) is 18.0 Å². The van der Waals surface area contributed by atoms with Crippen LogP contribution in [0, 0.1) is 0 Å². The number of amides is 2. The Morgan fingerprint density at radius 1 is 1.00 bits per heavy atom. The summed E-state index contributed by atoms with van der Waals surface area (Å²) in [6.45, 7) is 0. The number of hydrogen-bond acceptors (Lipinski definition) is 5. The number of benzene rings is 2. The molecule has 0 spiro atoms. The maximum atomic E-state index is 12.8. The highest BCUT2D eigenvalue weighted by Crippen LogP contribution is 2.16. The van der Waals surface area contributed by atoms with E-state index in [1.807, 2.05) is 0 Å². The summed E-state index contributed by atoms with van der Waals surface area (Å²) in [5.74, 6) is -1.16. The number of hydrogen-bond donors (Lipinski definition) is 3. The molecule has 0 bridgehead atoms. The monoisotopic (exact) mass is 489 g/mol. The average Bonchev–Trinajstić information content (AvgIpc) is 3.24. The number of furan rings is 1. The summed E-state index contributed by atoms with van der Waals surface area (Å²) >= 11 is 3.34. The van der Waals surface area contributed by atoms with E-state index in [0.717, 1.165) is 4.47 Å². The average molecular weight is 490 g/mol. The summed E-state index contributed by atoms with van der Waals surface area (Å²) in [5, 5.41) is 10.2. The Morgan fingerprint density at radius 3 is 2.23 bits per heavy atom. The molecule has 1 heterocycles. The predicted octanol–water partition coefficient (Wildman–Crippen LogP) is 3.10. The second kappa shape index (κ2) is 9.08. The fourth-order valence-corrected chi connectivity index (χ4v) is 3.18. The second-order valence-electron chi connectivity index (χ2n) is 6.06. The zero-order valence-electron chi connectivity index (χ0n) is 15.3. The largest absolute Gasteiger partial charge is 0.459 e. The van der Waals surface area contributed by atoms with Gasteiger partial charge in [0.2, 0.25) is 10.0 Å². The first-order chi connectivity index (χ1) is 14.2. The molecule has 0 saturated carbocycles. The molecule has 4 N–H and O–H groups in total. The van der Waals surface area contributed by atoms with Gasteiger partial charge < -0.3 is 15.1 Å². The van der Waals surface area contributed by atoms with Crippen molar-refractivity contribution >= 4 is 49.5 Å². The minimum atomic E-state index is -3.84. The van der Waals surface area contributed by atoms with Crippen LogP contribution < -0.4 is 15.8 Å². The summed E-state index contributed by atoms with van der Waals surface area (Å²) in [4.78, 5) is 25.1. The molecule has 0 aliphatic heterocycles. The van der Waals surface area contributed by atoms with Crippen LogP contribution in [0.25, 0.3) is 6.08 Å². The summed E-state index contributed by atoms with van der Waals surface area (Å²) in [6.07, 6.45) is 2.85. The summed E-state index contributed by atoms with van der Waals surface area (Å²) in [5.41, 5.74) is 0.961. The molecule has 154 valence electrons. The standard InChI is InChI=1S/C20H16BrN3O5S/c21-14-5-3-13(4-6-14)12-17(24-20(26)18-2-1-11-29-18)19(25)23-15-7-9-16(10-8-15)30(22,27)28/h1-12H,(H,23,25)(H,24,26)(H2,22,27,28). The van der Waals surface area contributed by atoms with Crippen LogP contribution in [0.1, 0.15) is 16.1 Å². The van der Waals surface area contributed by atoms with Gasteiger partial charge >= 0.3 is 0 Å². The van der Waals surface area contributed by atoms with Crippen molar-refractivity contribution in [3.8, 4) is 0 Å². The van der Waals surface area contributed by atoms with Crippen molar-refractivity contribution in [2.24, 2.45) is 5.14 Å². The van der Waals surface area contributed by atoms with Gasteiger partial charge in [-0.15, -0.1) is 0 Å². The van der Waals surface area contributed by atoms with Crippen molar-refractivity contribution in [2.75, 3.05) is 5.32 Å². The molecule has 1 aromatic heterocycles. The van der Waals surface area contributed by atoms with Gasteiger partial charge in [0.05, 0.1) is 11.2 Å². The summed E-state index contributed by atoms with van der Waals surface area (Å²) in [7, 11) is -3.84. The maximum Gasteiger partial charge on any atom is 0.291 e. The second-order valence-corrected chi connectivity index (χ2v) is 8.54. The number of rotatable bonds is 6. The minimum absolute atomic E-state index is 0.0331. The molecule has 0 fully saturated rings. The Bertz CT molecular complexity index is 1190. The fourth-order valence-electron chi connectivity index (χ4n) is 2.40. The number of nitrogens with two attached hydrogens (primary N) is 1. The van der Waals surface area contributed by atoms with E-state index in [1.165, 1.54) is 42.7 Å². The van der Waals surface area contributed by atoms with Crippen molar-refractivity contribution < 1.29 is 22.4 Å². The Morgan fingerprint density at radius 2 is 1.67 bits per heavy atom. The first-order valence-corrected chi connectivity index (χ1v) is 10.8. The molecule has 3 rings (SSSR count). The van der Waals surface area contributed by atoms with Crippen LogP contribution in [0.4, 0.5) is 5.69 Å². The van der Waals surface area contributed by atoms with Gasteiger partial charge in [0, 0.05) is 10.2 Å². The molecule has 0 radical (unpaired) electrons. The highest BCUT2D eigenvalue weighted by Gasteiger charge is 2.17. The van der Waals surface area contributed by atoms with Gasteiger partial charge in [0.1, 0.15) is 5.70 Å². The molecule has 2 amide bonds. The zero-order valence-corrected chi connectivity index (χ0v) is 17.7. The Balaban J connectivity index is 1.85. The van der Waals surface area contributed by atoms with Crippen molar-refractivity contribution in [3.05, 3.63) is 88.4 Å². The quantitative estimate of drug-likeness (QED) is 0.457. The summed E-state index contributed by atoms with van der Waals surface area (Å²) < 4.78 is 28.6. The van der Waals surface area contributed by atoms with Crippen LogP contribution in [-0.4, -0.2) is 20.2 Å². The Hall–Kier alpha value is -3.21. The van der Waals surface area contributed by atoms with E-state index in [4.69, 9.17) is 9.56 Å². The third kappa shape index (κ3) is 5.66. The topological polar surface area (TPSA) is 132 Å². The van der Waals surface area contributed by atoms with Crippen molar-refractivity contribution in [1.29, 1.82) is 0 Å². The molecule has 0 aliphatic carbocycles. The van der Waals surface area contributed by atoms with Crippen LogP contribution >= 0.6 is 15.9 Å². The SMILES string of the molecule is NS(=O)(=O)c1ccc(NC(=O)C(=Cc2ccc(Br)cc2)NC(=O)c2ccco2)cc1. The molecule has 0 unspecified atom stereocenters. The van der Waals surface area contributed by atoms with Crippen molar-refractivity contribution in [1.82, 2.24) is 5.32 Å². The van der Waals surface area contributed by atoms with Crippen LogP contribution in [0.3, 0.4) is 0 Å². The maximum absolute atomic E-state index is 12.8. The third-order valence-corrected chi connectivity index (χ3v) is 5.32. The molecule has 30 heavy (non-hydrogen) atoms. The molecular weight excluding hydrogens is 474 g/mol. The minimum Gasteiger partial charge on any atom is -0.459 e. The number of nitrogens with one attached hydrogen (secondary N) is 2. The molecule has 10 heteroatoms. The summed E-state index contributed by atoms with van der Waals surface area (Å²) in [6, 6.07) is 15.5. The number of carbonyl (C=O) groups excluding carboxylic acids is 2. The van der Waals surface area contributed by atoms with Gasteiger partial charge in [-0.3, -0.25) is 9.59 Å². The van der Waals surface area contributed by atoms with E-state index in [2.05, 4.69) is 26.6 Å². The van der Waals surface area contributed by atoms with E-state index in [-0.39, 0.29) is 16.4 Å². The van der Waals surface area contributed by atoms with Gasteiger partial charge in [0.25, 0.3) is 11.8 Å². The van der Waals surface area contributed by atoms with Gasteiger partial charge in [-0.05, 0) is 60.2 Å². The van der Waals surface area contributed by atoms with E-state index >= 15 is 0 Å². The van der Waals surface area contributed by atoms with Crippen LogP contribution in [-0.2, 0) is 14.8 Å². The highest BCUT2D eigenvalue weighted by molar-refractivity contribution is 9.10.